The number of hydrogen-bond acceptors (Lipinski definition) is 5. The number of amides is 2. The molecule has 0 radical (unpaired) electrons. The van der Waals surface area contributed by atoms with Gasteiger partial charge in [0.2, 0.25) is 5.91 Å². The van der Waals surface area contributed by atoms with Gasteiger partial charge in [-0.15, -0.1) is 0 Å². The average Bonchev–Trinajstić information content (AvgIpc) is 3.27. The molecule has 2 amide bonds. The summed E-state index contributed by atoms with van der Waals surface area (Å²) in [5.74, 6) is -2.12. The molecule has 204 valence electrons. The fourth-order valence-corrected chi connectivity index (χ4v) is 4.71. The molecule has 0 spiro atoms. The van der Waals surface area contributed by atoms with E-state index in [9.17, 15) is 14.4 Å². The second-order valence-corrected chi connectivity index (χ2v) is 9.77. The SMILES string of the molecule is CC(CCNC(=O)C(NC(=O)OCC1c2ccccc2-c2ccccc21)C(C)OCc1ccccc1)C(=O)O. The monoisotopic (exact) mass is 530 g/mol. The molecule has 0 heterocycles. The summed E-state index contributed by atoms with van der Waals surface area (Å²) in [5.41, 5.74) is 5.36. The molecule has 3 N–H and O–H groups in total. The van der Waals surface area contributed by atoms with Gasteiger partial charge in [-0.3, -0.25) is 9.59 Å². The van der Waals surface area contributed by atoms with Crippen LogP contribution >= 0.6 is 0 Å². The van der Waals surface area contributed by atoms with Crippen molar-refractivity contribution in [2.45, 2.75) is 44.9 Å². The van der Waals surface area contributed by atoms with Gasteiger partial charge in [-0.05, 0) is 41.2 Å². The van der Waals surface area contributed by atoms with Crippen molar-refractivity contribution in [2.24, 2.45) is 5.92 Å². The molecule has 39 heavy (non-hydrogen) atoms. The molecule has 8 nitrogen and oxygen atoms in total. The fourth-order valence-electron chi connectivity index (χ4n) is 4.71. The van der Waals surface area contributed by atoms with E-state index in [-0.39, 0.29) is 32.1 Å². The minimum absolute atomic E-state index is 0.111. The molecule has 1 aliphatic rings. The predicted octanol–water partition coefficient (Wildman–Crippen LogP) is 4.73. The highest BCUT2D eigenvalue weighted by atomic mass is 16.5. The number of carbonyl (C=O) groups is 3. The van der Waals surface area contributed by atoms with E-state index in [1.54, 1.807) is 13.8 Å². The largest absolute Gasteiger partial charge is 0.481 e. The Morgan fingerprint density at radius 3 is 2.08 bits per heavy atom. The number of benzene rings is 3. The minimum atomic E-state index is -1.04. The molecule has 0 aromatic heterocycles. The quantitative estimate of drug-likeness (QED) is 0.312. The Morgan fingerprint density at radius 2 is 1.46 bits per heavy atom. The van der Waals surface area contributed by atoms with Gasteiger partial charge < -0.3 is 25.2 Å². The van der Waals surface area contributed by atoms with Crippen molar-refractivity contribution in [3.8, 4) is 11.1 Å². The molecule has 0 saturated carbocycles. The molecule has 3 atom stereocenters. The van der Waals surface area contributed by atoms with Gasteiger partial charge in [-0.1, -0.05) is 85.8 Å². The first-order valence-corrected chi connectivity index (χ1v) is 13.1. The third-order valence-electron chi connectivity index (χ3n) is 7.02. The van der Waals surface area contributed by atoms with Gasteiger partial charge in [0.1, 0.15) is 12.6 Å². The highest BCUT2D eigenvalue weighted by molar-refractivity contribution is 5.86. The van der Waals surface area contributed by atoms with E-state index in [0.717, 1.165) is 27.8 Å². The van der Waals surface area contributed by atoms with Crippen LogP contribution in [0.25, 0.3) is 11.1 Å². The Hall–Kier alpha value is -4.17. The Morgan fingerprint density at radius 1 is 0.872 bits per heavy atom. The van der Waals surface area contributed by atoms with E-state index in [1.165, 1.54) is 0 Å². The Labute approximate surface area is 228 Å². The van der Waals surface area contributed by atoms with Gasteiger partial charge >= 0.3 is 12.1 Å². The first-order chi connectivity index (χ1) is 18.8. The third kappa shape index (κ3) is 7.03. The van der Waals surface area contributed by atoms with Crippen LogP contribution in [-0.2, 0) is 25.7 Å². The molecule has 3 aromatic carbocycles. The molecule has 0 bridgehead atoms. The second-order valence-electron chi connectivity index (χ2n) is 9.77. The van der Waals surface area contributed by atoms with Crippen molar-refractivity contribution < 1.29 is 29.0 Å². The zero-order chi connectivity index (χ0) is 27.8. The highest BCUT2D eigenvalue weighted by Gasteiger charge is 2.31. The molecule has 0 fully saturated rings. The molecule has 4 rings (SSSR count). The van der Waals surface area contributed by atoms with Crippen molar-refractivity contribution in [3.05, 3.63) is 95.6 Å². The van der Waals surface area contributed by atoms with Gasteiger partial charge in [0, 0.05) is 12.5 Å². The lowest BCUT2D eigenvalue weighted by molar-refractivity contribution is -0.141. The molecule has 3 aromatic rings. The van der Waals surface area contributed by atoms with Crippen LogP contribution in [0.2, 0.25) is 0 Å². The lowest BCUT2D eigenvalue weighted by Crippen LogP contribution is -2.53. The number of rotatable bonds is 12. The van der Waals surface area contributed by atoms with Crippen molar-refractivity contribution in [3.63, 3.8) is 0 Å². The van der Waals surface area contributed by atoms with E-state index in [0.29, 0.717) is 0 Å². The molecular weight excluding hydrogens is 496 g/mol. The summed E-state index contributed by atoms with van der Waals surface area (Å²) in [4.78, 5) is 37.1. The number of ether oxygens (including phenoxy) is 2. The average molecular weight is 531 g/mol. The molecular formula is C31H34N2O6. The summed E-state index contributed by atoms with van der Waals surface area (Å²) < 4.78 is 11.6. The van der Waals surface area contributed by atoms with Crippen LogP contribution < -0.4 is 10.6 Å². The van der Waals surface area contributed by atoms with Crippen molar-refractivity contribution >= 4 is 18.0 Å². The topological polar surface area (TPSA) is 114 Å². The van der Waals surface area contributed by atoms with Gasteiger partial charge in [0.05, 0.1) is 18.6 Å². The standard InChI is InChI=1S/C31H34N2O6/c1-20(30(35)36)16-17-32-29(34)28(21(2)38-18-22-10-4-3-5-11-22)33-31(37)39-19-27-25-14-8-6-12-23(25)24-13-7-9-15-26(24)27/h3-15,20-21,27-28H,16-19H2,1-2H3,(H,32,34)(H,33,37)(H,35,36). The highest BCUT2D eigenvalue weighted by Crippen LogP contribution is 2.44. The Bertz CT molecular complexity index is 1250. The number of aliphatic carboxylic acids is 1. The van der Waals surface area contributed by atoms with Crippen molar-refractivity contribution in [1.82, 2.24) is 10.6 Å². The van der Waals surface area contributed by atoms with E-state index in [1.807, 2.05) is 66.7 Å². The van der Waals surface area contributed by atoms with E-state index >= 15 is 0 Å². The Kier molecular flexibility index (Phi) is 9.33. The summed E-state index contributed by atoms with van der Waals surface area (Å²) in [6.45, 7) is 3.81. The van der Waals surface area contributed by atoms with Gasteiger partial charge in [-0.25, -0.2) is 4.79 Å². The molecule has 3 unspecified atom stereocenters. The Balaban J connectivity index is 1.40. The second kappa shape index (κ2) is 13.1. The first kappa shape index (κ1) is 27.9. The van der Waals surface area contributed by atoms with Crippen LogP contribution in [-0.4, -0.2) is 48.4 Å². The predicted molar refractivity (Wildman–Crippen MR) is 147 cm³/mol. The van der Waals surface area contributed by atoms with E-state index < -0.39 is 36.0 Å². The van der Waals surface area contributed by atoms with E-state index in [4.69, 9.17) is 14.6 Å². The van der Waals surface area contributed by atoms with Crippen LogP contribution in [0.1, 0.15) is 42.9 Å². The fraction of sp³-hybridized carbons (Fsp3) is 0.323. The first-order valence-electron chi connectivity index (χ1n) is 13.1. The summed E-state index contributed by atoms with van der Waals surface area (Å²) in [5, 5.41) is 14.5. The van der Waals surface area contributed by atoms with Crippen molar-refractivity contribution in [2.75, 3.05) is 13.2 Å². The lowest BCUT2D eigenvalue weighted by atomic mass is 9.98. The van der Waals surface area contributed by atoms with Crippen molar-refractivity contribution in [1.29, 1.82) is 0 Å². The molecule has 1 aliphatic carbocycles. The number of alkyl carbamates (subject to hydrolysis) is 1. The number of carboxylic acid groups (broad SMARTS) is 1. The maximum Gasteiger partial charge on any atom is 0.407 e. The normalized spacial score (nSPS) is 14.4. The maximum absolute atomic E-state index is 13.1. The summed E-state index contributed by atoms with van der Waals surface area (Å²) >= 11 is 0. The minimum Gasteiger partial charge on any atom is -0.481 e. The van der Waals surface area contributed by atoms with Crippen LogP contribution in [0.5, 0.6) is 0 Å². The van der Waals surface area contributed by atoms with Crippen LogP contribution in [0.15, 0.2) is 78.9 Å². The van der Waals surface area contributed by atoms with Gasteiger partial charge in [-0.2, -0.15) is 0 Å². The number of carboxylic acids is 1. The van der Waals surface area contributed by atoms with Crippen LogP contribution in [0, 0.1) is 5.92 Å². The smallest absolute Gasteiger partial charge is 0.407 e. The third-order valence-corrected chi connectivity index (χ3v) is 7.02. The number of nitrogens with one attached hydrogen (secondary N) is 2. The van der Waals surface area contributed by atoms with Crippen LogP contribution in [0.4, 0.5) is 4.79 Å². The van der Waals surface area contributed by atoms with Crippen LogP contribution in [0.3, 0.4) is 0 Å². The zero-order valence-electron chi connectivity index (χ0n) is 22.1. The van der Waals surface area contributed by atoms with Gasteiger partial charge in [0.25, 0.3) is 0 Å². The van der Waals surface area contributed by atoms with E-state index in [2.05, 4.69) is 22.8 Å². The lowest BCUT2D eigenvalue weighted by Gasteiger charge is -2.25. The summed E-state index contributed by atoms with van der Waals surface area (Å²) in [6, 6.07) is 24.6. The zero-order valence-corrected chi connectivity index (χ0v) is 22.1. The summed E-state index contributed by atoms with van der Waals surface area (Å²) in [7, 11) is 0. The molecule has 8 heteroatoms. The summed E-state index contributed by atoms with van der Waals surface area (Å²) in [6.07, 6.45) is -1.15. The molecule has 0 aliphatic heterocycles. The van der Waals surface area contributed by atoms with Gasteiger partial charge in [0.15, 0.2) is 0 Å². The number of hydrogen-bond donors (Lipinski definition) is 3. The maximum atomic E-state index is 13.1. The number of fused-ring (bicyclic) bond motifs is 3. The number of carbonyl (C=O) groups excluding carboxylic acids is 2. The molecule has 0 saturated heterocycles.